The molecule has 0 aliphatic carbocycles. The van der Waals surface area contributed by atoms with Gasteiger partial charge in [-0.2, -0.15) is 5.10 Å². The molecule has 128 valence electrons. The maximum absolute atomic E-state index is 14.0. The van der Waals surface area contributed by atoms with Gasteiger partial charge in [-0.3, -0.25) is 4.79 Å². The van der Waals surface area contributed by atoms with Gasteiger partial charge in [0, 0.05) is 11.1 Å². The molecule has 25 heavy (non-hydrogen) atoms. The number of rotatable bonds is 3. The summed E-state index contributed by atoms with van der Waals surface area (Å²) in [6, 6.07) is 11.7. The molecular weight excluding hydrogens is 341 g/mol. The summed E-state index contributed by atoms with van der Waals surface area (Å²) in [5, 5.41) is 7.40. The lowest BCUT2D eigenvalue weighted by atomic mass is 10.1. The Bertz CT molecular complexity index is 945. The van der Waals surface area contributed by atoms with E-state index >= 15 is 0 Å². The van der Waals surface area contributed by atoms with Crippen LogP contribution in [-0.4, -0.2) is 15.7 Å². The lowest BCUT2D eigenvalue weighted by Gasteiger charge is -2.11. The fourth-order valence-corrected chi connectivity index (χ4v) is 2.87. The fourth-order valence-electron chi connectivity index (χ4n) is 2.72. The van der Waals surface area contributed by atoms with Crippen molar-refractivity contribution < 1.29 is 9.18 Å². The van der Waals surface area contributed by atoms with Crippen LogP contribution in [0.5, 0.6) is 0 Å². The molecule has 3 aromatic rings. The molecule has 0 radical (unpaired) electrons. The summed E-state index contributed by atoms with van der Waals surface area (Å²) < 4.78 is 15.6. The summed E-state index contributed by atoms with van der Waals surface area (Å²) >= 11 is 5.73. The minimum Gasteiger partial charge on any atom is -0.306 e. The zero-order valence-corrected chi connectivity index (χ0v) is 14.9. The summed E-state index contributed by atoms with van der Waals surface area (Å²) in [6.45, 7) is 5.82. The number of hydrogen-bond acceptors (Lipinski definition) is 2. The quantitative estimate of drug-likeness (QED) is 0.728. The first-order valence-electron chi connectivity index (χ1n) is 7.75. The van der Waals surface area contributed by atoms with E-state index in [1.165, 1.54) is 12.1 Å². The lowest BCUT2D eigenvalue weighted by molar-refractivity contribution is 0.102. The molecule has 0 atom stereocenters. The molecule has 0 saturated carbocycles. The second kappa shape index (κ2) is 6.69. The van der Waals surface area contributed by atoms with Crippen molar-refractivity contribution in [3.8, 4) is 5.69 Å². The van der Waals surface area contributed by atoms with Crippen molar-refractivity contribution in [2.75, 3.05) is 5.32 Å². The second-order valence-corrected chi connectivity index (χ2v) is 6.44. The van der Waals surface area contributed by atoms with Crippen LogP contribution in [0.25, 0.3) is 5.69 Å². The van der Waals surface area contributed by atoms with Crippen molar-refractivity contribution in [2.45, 2.75) is 20.8 Å². The number of hydrogen-bond donors (Lipinski definition) is 1. The van der Waals surface area contributed by atoms with Crippen LogP contribution < -0.4 is 5.32 Å². The number of aromatic nitrogens is 2. The Morgan fingerprint density at radius 2 is 1.76 bits per heavy atom. The van der Waals surface area contributed by atoms with Gasteiger partial charge in [0.25, 0.3) is 5.91 Å². The predicted octanol–water partition coefficient (Wildman–Crippen LogP) is 4.84. The lowest BCUT2D eigenvalue weighted by Crippen LogP contribution is -2.16. The first-order valence-corrected chi connectivity index (χ1v) is 8.13. The van der Waals surface area contributed by atoms with Crippen molar-refractivity contribution in [2.24, 2.45) is 0 Å². The Hall–Kier alpha value is -2.66. The SMILES string of the molecule is Cc1cc(C)cc(-n2nc(C)cc2NC(=O)c2ccc(Cl)cc2F)c1. The van der Waals surface area contributed by atoms with E-state index in [0.717, 1.165) is 28.6 Å². The number of benzene rings is 2. The van der Waals surface area contributed by atoms with Crippen LogP contribution >= 0.6 is 11.6 Å². The van der Waals surface area contributed by atoms with Crippen LogP contribution in [0.2, 0.25) is 5.02 Å². The van der Waals surface area contributed by atoms with Gasteiger partial charge >= 0.3 is 0 Å². The van der Waals surface area contributed by atoms with Gasteiger partial charge in [-0.05, 0) is 62.2 Å². The third-order valence-electron chi connectivity index (χ3n) is 3.70. The molecule has 1 amide bonds. The van der Waals surface area contributed by atoms with Gasteiger partial charge < -0.3 is 5.32 Å². The molecule has 0 saturated heterocycles. The van der Waals surface area contributed by atoms with Gasteiger partial charge in [-0.25, -0.2) is 9.07 Å². The van der Waals surface area contributed by atoms with Crippen LogP contribution in [-0.2, 0) is 0 Å². The summed E-state index contributed by atoms with van der Waals surface area (Å²) in [5.74, 6) is -0.749. The third-order valence-corrected chi connectivity index (χ3v) is 3.94. The molecule has 6 heteroatoms. The van der Waals surface area contributed by atoms with E-state index in [2.05, 4.69) is 16.5 Å². The summed E-state index contributed by atoms with van der Waals surface area (Å²) in [5.41, 5.74) is 3.67. The molecule has 3 rings (SSSR count). The summed E-state index contributed by atoms with van der Waals surface area (Å²) in [7, 11) is 0. The van der Waals surface area contributed by atoms with Gasteiger partial charge in [-0.1, -0.05) is 17.7 Å². The highest BCUT2D eigenvalue weighted by Crippen LogP contribution is 2.21. The molecule has 0 fully saturated rings. The molecule has 2 aromatic carbocycles. The van der Waals surface area contributed by atoms with Gasteiger partial charge in [-0.15, -0.1) is 0 Å². The predicted molar refractivity (Wildman–Crippen MR) is 97.1 cm³/mol. The first-order chi connectivity index (χ1) is 11.8. The smallest absolute Gasteiger partial charge is 0.259 e. The molecular formula is C19H17ClFN3O. The van der Waals surface area contributed by atoms with E-state index in [0.29, 0.717) is 5.82 Å². The highest BCUT2D eigenvalue weighted by atomic mass is 35.5. The Morgan fingerprint density at radius 1 is 1.08 bits per heavy atom. The van der Waals surface area contributed by atoms with Crippen LogP contribution in [0.15, 0.2) is 42.5 Å². The number of nitrogens with one attached hydrogen (secondary N) is 1. The largest absolute Gasteiger partial charge is 0.306 e. The van der Waals surface area contributed by atoms with Gasteiger partial charge in [0.05, 0.1) is 16.9 Å². The highest BCUT2D eigenvalue weighted by molar-refractivity contribution is 6.30. The molecule has 0 unspecified atom stereocenters. The first kappa shape index (κ1) is 17.2. The van der Waals surface area contributed by atoms with E-state index in [9.17, 15) is 9.18 Å². The maximum atomic E-state index is 14.0. The molecule has 0 aliphatic heterocycles. The number of halogens is 2. The summed E-state index contributed by atoms with van der Waals surface area (Å²) in [4.78, 5) is 12.4. The Kier molecular flexibility index (Phi) is 4.59. The van der Waals surface area contributed by atoms with Crippen molar-refractivity contribution >= 4 is 23.3 Å². The standard InChI is InChI=1S/C19H17ClFN3O/c1-11-6-12(2)8-15(7-11)24-18(9-13(3)23-24)22-19(25)16-5-4-14(20)10-17(16)21/h4-10H,1-3H3,(H,22,25). The molecule has 0 aliphatic rings. The number of amides is 1. The van der Waals surface area contributed by atoms with Crippen molar-refractivity contribution in [3.63, 3.8) is 0 Å². The minimum absolute atomic E-state index is 0.0739. The third kappa shape index (κ3) is 3.72. The van der Waals surface area contributed by atoms with Crippen molar-refractivity contribution in [3.05, 3.63) is 75.7 Å². The van der Waals surface area contributed by atoms with Crippen molar-refractivity contribution in [1.82, 2.24) is 9.78 Å². The Labute approximate surface area is 150 Å². The van der Waals surface area contributed by atoms with E-state index in [1.54, 1.807) is 10.7 Å². The van der Waals surface area contributed by atoms with Gasteiger partial charge in [0.1, 0.15) is 11.6 Å². The van der Waals surface area contributed by atoms with E-state index < -0.39 is 11.7 Å². The average molecular weight is 358 g/mol. The zero-order chi connectivity index (χ0) is 18.1. The maximum Gasteiger partial charge on any atom is 0.259 e. The molecule has 1 N–H and O–H groups in total. The monoisotopic (exact) mass is 357 g/mol. The number of carbonyl (C=O) groups is 1. The molecule has 1 aromatic heterocycles. The minimum atomic E-state index is -0.667. The van der Waals surface area contributed by atoms with Crippen LogP contribution in [0, 0.1) is 26.6 Å². The number of aryl methyl sites for hydroxylation is 3. The van der Waals surface area contributed by atoms with Crippen LogP contribution in [0.3, 0.4) is 0 Å². The highest BCUT2D eigenvalue weighted by Gasteiger charge is 2.16. The molecule has 4 nitrogen and oxygen atoms in total. The Morgan fingerprint density at radius 3 is 2.40 bits per heavy atom. The number of carbonyl (C=O) groups excluding carboxylic acids is 1. The molecule has 0 bridgehead atoms. The fraction of sp³-hybridized carbons (Fsp3) is 0.158. The van der Waals surface area contributed by atoms with E-state index in [4.69, 9.17) is 11.6 Å². The van der Waals surface area contributed by atoms with Gasteiger partial charge in [0.15, 0.2) is 0 Å². The zero-order valence-electron chi connectivity index (χ0n) is 14.1. The molecule has 1 heterocycles. The van der Waals surface area contributed by atoms with Gasteiger partial charge in [0.2, 0.25) is 0 Å². The van der Waals surface area contributed by atoms with Crippen LogP contribution in [0.1, 0.15) is 27.2 Å². The number of anilines is 1. The average Bonchev–Trinajstić information content (AvgIpc) is 2.86. The van der Waals surface area contributed by atoms with Crippen LogP contribution in [0.4, 0.5) is 10.2 Å². The van der Waals surface area contributed by atoms with E-state index in [-0.39, 0.29) is 10.6 Å². The number of nitrogens with zero attached hydrogens (tertiary/aromatic N) is 2. The normalized spacial score (nSPS) is 10.8. The Balaban J connectivity index is 1.97. The second-order valence-electron chi connectivity index (χ2n) is 6.01. The summed E-state index contributed by atoms with van der Waals surface area (Å²) in [6.07, 6.45) is 0. The molecule has 0 spiro atoms. The van der Waals surface area contributed by atoms with E-state index in [1.807, 2.05) is 32.9 Å². The van der Waals surface area contributed by atoms with Crippen molar-refractivity contribution in [1.29, 1.82) is 0 Å². The topological polar surface area (TPSA) is 46.9 Å².